The third kappa shape index (κ3) is 6.80. The van der Waals surface area contributed by atoms with Gasteiger partial charge >= 0.3 is 5.97 Å². The lowest BCUT2D eigenvalue weighted by molar-refractivity contribution is -0.148. The molecule has 0 unspecified atom stereocenters. The zero-order valence-electron chi connectivity index (χ0n) is 28.9. The highest BCUT2D eigenvalue weighted by Crippen LogP contribution is 2.49. The second kappa shape index (κ2) is 15.9. The lowest BCUT2D eigenvalue weighted by Crippen LogP contribution is -2.58. The topological polar surface area (TPSA) is 69.6 Å². The van der Waals surface area contributed by atoms with E-state index < -0.39 is 28.3 Å². The number of hydrogen-bond donors (Lipinski definition) is 2. The van der Waals surface area contributed by atoms with E-state index in [1.807, 2.05) is 72.8 Å². The van der Waals surface area contributed by atoms with Crippen molar-refractivity contribution in [1.82, 2.24) is 10.2 Å². The van der Waals surface area contributed by atoms with Crippen molar-refractivity contribution in [3.05, 3.63) is 215 Å². The van der Waals surface area contributed by atoms with Gasteiger partial charge in [-0.3, -0.25) is 10.1 Å². The highest BCUT2D eigenvalue weighted by atomic mass is 32.2. The van der Waals surface area contributed by atoms with Crippen molar-refractivity contribution in [2.45, 2.75) is 35.2 Å². The minimum atomic E-state index is -0.968. The first-order valence-corrected chi connectivity index (χ1v) is 18.8. The smallest absolute Gasteiger partial charge is 0.326 e. The first-order chi connectivity index (χ1) is 25.5. The lowest BCUT2D eigenvalue weighted by Gasteiger charge is -2.42. The average molecular weight is 703 g/mol. The van der Waals surface area contributed by atoms with Crippen LogP contribution in [0.2, 0.25) is 0 Å². The Hall–Kier alpha value is -5.43. The van der Waals surface area contributed by atoms with E-state index in [1.54, 1.807) is 16.7 Å². The zero-order valence-corrected chi connectivity index (χ0v) is 29.7. The molecule has 2 atom stereocenters. The van der Waals surface area contributed by atoms with Crippen molar-refractivity contribution < 1.29 is 14.7 Å². The fraction of sp³-hybridized carbons (Fsp3) is 0.174. The van der Waals surface area contributed by atoms with Crippen LogP contribution in [-0.4, -0.2) is 46.3 Å². The van der Waals surface area contributed by atoms with E-state index in [1.165, 1.54) is 0 Å². The summed E-state index contributed by atoms with van der Waals surface area (Å²) in [6.45, 7) is 0.398. The molecule has 1 saturated heterocycles. The number of carboxylic acid groups (broad SMARTS) is 1. The number of rotatable bonds is 13. The van der Waals surface area contributed by atoms with Crippen LogP contribution in [0.25, 0.3) is 0 Å². The summed E-state index contributed by atoms with van der Waals surface area (Å²) < 4.78 is -0.684. The summed E-state index contributed by atoms with van der Waals surface area (Å²) in [4.78, 5) is 29.3. The van der Waals surface area contributed by atoms with Gasteiger partial charge in [0.1, 0.15) is 6.04 Å². The maximum absolute atomic E-state index is 15.1. The number of nitrogens with one attached hydrogen (secondary N) is 1. The molecule has 0 aromatic heterocycles. The van der Waals surface area contributed by atoms with Crippen LogP contribution in [0.15, 0.2) is 182 Å². The molecule has 5 nitrogen and oxygen atoms in total. The van der Waals surface area contributed by atoms with Crippen molar-refractivity contribution in [3.8, 4) is 0 Å². The van der Waals surface area contributed by atoms with Gasteiger partial charge in [0.25, 0.3) is 0 Å². The van der Waals surface area contributed by atoms with Gasteiger partial charge in [-0.1, -0.05) is 182 Å². The summed E-state index contributed by atoms with van der Waals surface area (Å²) in [6, 6.07) is 60.4. The molecule has 1 heterocycles. The van der Waals surface area contributed by atoms with E-state index in [0.717, 1.165) is 33.4 Å². The molecule has 7 rings (SSSR count). The van der Waals surface area contributed by atoms with Gasteiger partial charge in [0, 0.05) is 12.3 Å². The van der Waals surface area contributed by atoms with Crippen LogP contribution in [0, 0.1) is 0 Å². The second-order valence-corrected chi connectivity index (χ2v) is 14.4. The molecule has 52 heavy (non-hydrogen) atoms. The number of likely N-dealkylation sites (tertiary alicyclic amines) is 1. The minimum Gasteiger partial charge on any atom is -0.480 e. The summed E-state index contributed by atoms with van der Waals surface area (Å²) in [5.41, 5.74) is 5.26. The van der Waals surface area contributed by atoms with Crippen LogP contribution in [0.5, 0.6) is 0 Å². The maximum Gasteiger partial charge on any atom is 0.326 e. The van der Waals surface area contributed by atoms with Crippen molar-refractivity contribution >= 4 is 23.6 Å². The van der Waals surface area contributed by atoms with Crippen LogP contribution in [0.3, 0.4) is 0 Å². The molecule has 1 aliphatic rings. The molecule has 1 aliphatic heterocycles. The molecule has 6 aromatic carbocycles. The molecule has 1 amide bonds. The minimum absolute atomic E-state index is 0.215. The normalized spacial score (nSPS) is 15.2. The van der Waals surface area contributed by atoms with Gasteiger partial charge in [-0.15, -0.1) is 11.8 Å². The number of thioether (sulfide) groups is 1. The van der Waals surface area contributed by atoms with Gasteiger partial charge in [-0.2, -0.15) is 0 Å². The molecule has 6 aromatic rings. The van der Waals surface area contributed by atoms with Gasteiger partial charge in [0.15, 0.2) is 0 Å². The van der Waals surface area contributed by atoms with Crippen LogP contribution in [0.1, 0.15) is 46.2 Å². The fourth-order valence-corrected chi connectivity index (χ4v) is 9.27. The molecule has 2 N–H and O–H groups in total. The molecular formula is C46H42N2O3S. The predicted molar refractivity (Wildman–Crippen MR) is 210 cm³/mol. The van der Waals surface area contributed by atoms with E-state index in [4.69, 9.17) is 0 Å². The lowest BCUT2D eigenvalue weighted by atomic mass is 9.76. The number of hydrogen-bond acceptors (Lipinski definition) is 4. The van der Waals surface area contributed by atoms with E-state index in [-0.39, 0.29) is 5.91 Å². The van der Waals surface area contributed by atoms with E-state index >= 15 is 4.79 Å². The van der Waals surface area contributed by atoms with E-state index in [9.17, 15) is 9.90 Å². The van der Waals surface area contributed by atoms with Crippen LogP contribution < -0.4 is 5.32 Å². The number of carbonyl (C=O) groups excluding carboxylic acids is 1. The summed E-state index contributed by atoms with van der Waals surface area (Å²) in [7, 11) is 0. The highest BCUT2D eigenvalue weighted by molar-refractivity contribution is 8.00. The predicted octanol–water partition coefficient (Wildman–Crippen LogP) is 8.74. The van der Waals surface area contributed by atoms with Gasteiger partial charge < -0.3 is 10.0 Å². The van der Waals surface area contributed by atoms with Gasteiger partial charge in [-0.05, 0) is 46.2 Å². The number of carbonyl (C=O) groups is 2. The van der Waals surface area contributed by atoms with Gasteiger partial charge in [0.2, 0.25) is 5.91 Å². The third-order valence-electron chi connectivity index (χ3n) is 10.1. The second-order valence-electron chi connectivity index (χ2n) is 13.2. The SMILES string of the molecule is O=C(O)[C@H]1CCCN1C(=O)[C@H](CSC(c1ccccc1)(c1ccccc1)c1ccccc1)NC(c1ccccc1)(c1ccccc1)c1ccccc1. The first kappa shape index (κ1) is 35.0. The van der Waals surface area contributed by atoms with Crippen LogP contribution >= 0.6 is 11.8 Å². The average Bonchev–Trinajstić information content (AvgIpc) is 3.72. The molecule has 0 bridgehead atoms. The first-order valence-electron chi connectivity index (χ1n) is 17.8. The van der Waals surface area contributed by atoms with Crippen molar-refractivity contribution in [3.63, 3.8) is 0 Å². The molecule has 0 radical (unpaired) electrons. The Morgan fingerprint density at radius 2 is 0.942 bits per heavy atom. The number of carboxylic acids is 1. The Labute approximate surface area is 310 Å². The van der Waals surface area contributed by atoms with E-state index in [0.29, 0.717) is 25.1 Å². The number of amides is 1. The Bertz CT molecular complexity index is 1850. The van der Waals surface area contributed by atoms with Crippen molar-refractivity contribution in [2.24, 2.45) is 0 Å². The highest BCUT2D eigenvalue weighted by Gasteiger charge is 2.45. The largest absolute Gasteiger partial charge is 0.480 e. The van der Waals surface area contributed by atoms with Crippen molar-refractivity contribution in [2.75, 3.05) is 12.3 Å². The Morgan fingerprint density at radius 1 is 0.596 bits per heavy atom. The van der Waals surface area contributed by atoms with Crippen LogP contribution in [0.4, 0.5) is 0 Å². The van der Waals surface area contributed by atoms with E-state index in [2.05, 4.69) is 115 Å². The Balaban J connectivity index is 1.42. The number of benzene rings is 6. The molecule has 0 saturated carbocycles. The quantitative estimate of drug-likeness (QED) is 0.118. The van der Waals surface area contributed by atoms with Crippen molar-refractivity contribution in [1.29, 1.82) is 0 Å². The number of aliphatic carboxylic acids is 1. The number of nitrogens with zero attached hydrogens (tertiary/aromatic N) is 1. The monoisotopic (exact) mass is 702 g/mol. The molecule has 0 spiro atoms. The summed E-state index contributed by atoms with van der Waals surface area (Å²) in [6.07, 6.45) is 1.08. The fourth-order valence-electron chi connectivity index (χ4n) is 7.71. The summed E-state index contributed by atoms with van der Waals surface area (Å²) in [5, 5.41) is 14.2. The van der Waals surface area contributed by atoms with Gasteiger partial charge in [-0.25, -0.2) is 4.79 Å². The molecule has 6 heteroatoms. The Kier molecular flexibility index (Phi) is 10.7. The standard InChI is InChI=1S/C46H42N2O3S/c49-43(48-33-19-32-42(48)44(50)51)41(47-45(35-20-7-1-8-21-35,36-22-9-2-10-23-36)37-24-11-3-12-25-37)34-52-46(38-26-13-4-14-27-38,39-28-15-5-16-29-39)40-30-17-6-18-31-40/h1-18,20-31,41-42,47H,19,32-34H2,(H,50,51)/t41-,42+/m0/s1. The summed E-state index contributed by atoms with van der Waals surface area (Å²) in [5.74, 6) is -0.841. The molecule has 1 fully saturated rings. The summed E-state index contributed by atoms with van der Waals surface area (Å²) >= 11 is 1.70. The molecule has 260 valence electrons. The van der Waals surface area contributed by atoms with Crippen LogP contribution in [-0.2, 0) is 19.9 Å². The zero-order chi connectivity index (χ0) is 35.8. The maximum atomic E-state index is 15.1. The Morgan fingerprint density at radius 3 is 1.29 bits per heavy atom. The molecular weight excluding hydrogens is 661 g/mol. The molecule has 0 aliphatic carbocycles. The third-order valence-corrected chi connectivity index (χ3v) is 11.8. The van der Waals surface area contributed by atoms with Gasteiger partial charge in [0.05, 0.1) is 16.3 Å².